The van der Waals surface area contributed by atoms with Gasteiger partial charge in [0.05, 0.1) is 13.7 Å². The van der Waals surface area contributed by atoms with E-state index in [9.17, 15) is 0 Å². The fourth-order valence-corrected chi connectivity index (χ4v) is 2.00. The van der Waals surface area contributed by atoms with Crippen molar-refractivity contribution in [2.45, 2.75) is 13.5 Å². The predicted octanol–water partition coefficient (Wildman–Crippen LogP) is 1.80. The van der Waals surface area contributed by atoms with Crippen molar-refractivity contribution in [3.05, 3.63) is 30.1 Å². The van der Waals surface area contributed by atoms with Crippen LogP contribution in [-0.2, 0) is 11.3 Å². The zero-order chi connectivity index (χ0) is 17.2. The summed E-state index contributed by atoms with van der Waals surface area (Å²) in [7, 11) is 3.31. The maximum atomic E-state index is 5.15. The fraction of sp³-hybridized carbons (Fsp3) is 0.438. The van der Waals surface area contributed by atoms with E-state index < -0.39 is 0 Å². The van der Waals surface area contributed by atoms with E-state index in [1.165, 1.54) is 0 Å². The van der Waals surface area contributed by atoms with E-state index in [1.807, 2.05) is 31.2 Å². The molecular formula is C16H25IN6O2. The van der Waals surface area contributed by atoms with E-state index in [0.29, 0.717) is 31.3 Å². The smallest absolute Gasteiger partial charge is 0.191 e. The third-order valence-corrected chi connectivity index (χ3v) is 3.21. The number of benzene rings is 1. The molecule has 0 fully saturated rings. The van der Waals surface area contributed by atoms with Crippen molar-refractivity contribution >= 4 is 29.9 Å². The van der Waals surface area contributed by atoms with Crippen molar-refractivity contribution in [1.29, 1.82) is 0 Å². The molecule has 0 saturated carbocycles. The molecule has 1 heterocycles. The summed E-state index contributed by atoms with van der Waals surface area (Å²) < 4.78 is 10.2. The monoisotopic (exact) mass is 460 g/mol. The first kappa shape index (κ1) is 21.2. The van der Waals surface area contributed by atoms with E-state index in [-0.39, 0.29) is 24.0 Å². The van der Waals surface area contributed by atoms with Gasteiger partial charge in [0, 0.05) is 25.8 Å². The molecule has 0 saturated heterocycles. The van der Waals surface area contributed by atoms with Gasteiger partial charge in [-0.25, -0.2) is 9.98 Å². The molecule has 0 amide bonds. The van der Waals surface area contributed by atoms with Gasteiger partial charge in [0.2, 0.25) is 0 Å². The van der Waals surface area contributed by atoms with E-state index in [1.54, 1.807) is 14.2 Å². The highest BCUT2D eigenvalue weighted by Gasteiger charge is 2.06. The summed E-state index contributed by atoms with van der Waals surface area (Å²) in [6.45, 7) is 4.52. The Morgan fingerprint density at radius 3 is 2.60 bits per heavy atom. The number of aromatic amines is 1. The summed E-state index contributed by atoms with van der Waals surface area (Å²) >= 11 is 0. The quantitative estimate of drug-likeness (QED) is 0.241. The minimum Gasteiger partial charge on any atom is -0.497 e. The van der Waals surface area contributed by atoms with Crippen molar-refractivity contribution in [2.75, 3.05) is 33.9 Å². The molecule has 0 spiro atoms. The van der Waals surface area contributed by atoms with Crippen LogP contribution in [0.1, 0.15) is 12.7 Å². The Morgan fingerprint density at radius 2 is 1.96 bits per heavy atom. The summed E-state index contributed by atoms with van der Waals surface area (Å²) in [6, 6.07) is 7.61. The number of hydrogen-bond donors (Lipinski definition) is 3. The van der Waals surface area contributed by atoms with Crippen molar-refractivity contribution in [1.82, 2.24) is 25.8 Å². The molecule has 25 heavy (non-hydrogen) atoms. The number of nitrogens with zero attached hydrogens (tertiary/aromatic N) is 3. The van der Waals surface area contributed by atoms with Crippen LogP contribution in [-0.4, -0.2) is 55.1 Å². The number of halogens is 1. The van der Waals surface area contributed by atoms with Gasteiger partial charge in [-0.1, -0.05) is 0 Å². The van der Waals surface area contributed by atoms with Crippen molar-refractivity contribution in [3.8, 4) is 17.1 Å². The van der Waals surface area contributed by atoms with Crippen LogP contribution in [0, 0.1) is 0 Å². The SMILES string of the molecule is CCNC(=NCc1nc(-c2ccc(OC)cc2)n[nH]1)NCCOC.I. The molecule has 1 aromatic carbocycles. The Hall–Kier alpha value is -1.88. The zero-order valence-corrected chi connectivity index (χ0v) is 17.0. The van der Waals surface area contributed by atoms with Crippen molar-refractivity contribution in [2.24, 2.45) is 4.99 Å². The number of ether oxygens (including phenoxy) is 2. The van der Waals surface area contributed by atoms with Gasteiger partial charge >= 0.3 is 0 Å². The maximum absolute atomic E-state index is 5.15. The molecule has 0 radical (unpaired) electrons. The molecule has 138 valence electrons. The number of hydrogen-bond acceptors (Lipinski definition) is 5. The van der Waals surface area contributed by atoms with Gasteiger partial charge in [0.1, 0.15) is 18.1 Å². The van der Waals surface area contributed by atoms with Crippen LogP contribution in [0.2, 0.25) is 0 Å². The van der Waals surface area contributed by atoms with Crippen LogP contribution in [0.5, 0.6) is 5.75 Å². The van der Waals surface area contributed by atoms with E-state index in [2.05, 4.69) is 30.8 Å². The highest BCUT2D eigenvalue weighted by molar-refractivity contribution is 14.0. The van der Waals surface area contributed by atoms with Gasteiger partial charge in [-0.05, 0) is 31.2 Å². The first-order valence-electron chi connectivity index (χ1n) is 7.83. The third-order valence-electron chi connectivity index (χ3n) is 3.21. The average Bonchev–Trinajstić information content (AvgIpc) is 3.09. The van der Waals surface area contributed by atoms with Gasteiger partial charge in [-0.2, -0.15) is 5.10 Å². The van der Waals surface area contributed by atoms with Gasteiger partial charge < -0.3 is 20.1 Å². The van der Waals surface area contributed by atoms with Gasteiger partial charge in [-0.15, -0.1) is 24.0 Å². The Morgan fingerprint density at radius 1 is 1.20 bits per heavy atom. The Balaban J connectivity index is 0.00000312. The Kier molecular flexibility index (Phi) is 9.85. The lowest BCUT2D eigenvalue weighted by Gasteiger charge is -2.10. The Labute approximate surface area is 164 Å². The van der Waals surface area contributed by atoms with Gasteiger partial charge in [0.25, 0.3) is 0 Å². The number of guanidine groups is 1. The standard InChI is InChI=1S/C16H24N6O2.HI/c1-4-17-16(18-9-10-23-2)19-11-14-20-15(22-21-14)12-5-7-13(24-3)8-6-12;/h5-8H,4,9-11H2,1-3H3,(H2,17,18,19)(H,20,21,22);1H. The number of aliphatic imine (C=N–C) groups is 1. The van der Waals surface area contributed by atoms with Crippen LogP contribution in [0.3, 0.4) is 0 Å². The number of methoxy groups -OCH3 is 2. The van der Waals surface area contributed by atoms with Crippen LogP contribution < -0.4 is 15.4 Å². The second-order valence-corrected chi connectivity index (χ2v) is 4.95. The van der Waals surface area contributed by atoms with E-state index in [4.69, 9.17) is 9.47 Å². The molecule has 0 bridgehead atoms. The first-order valence-corrected chi connectivity index (χ1v) is 7.83. The van der Waals surface area contributed by atoms with Crippen LogP contribution in [0.25, 0.3) is 11.4 Å². The predicted molar refractivity (Wildman–Crippen MR) is 108 cm³/mol. The highest BCUT2D eigenvalue weighted by atomic mass is 127. The molecule has 0 aliphatic rings. The molecule has 0 aliphatic carbocycles. The largest absolute Gasteiger partial charge is 0.497 e. The average molecular weight is 460 g/mol. The second-order valence-electron chi connectivity index (χ2n) is 4.95. The zero-order valence-electron chi connectivity index (χ0n) is 14.7. The Bertz CT molecular complexity index is 644. The molecule has 2 aromatic rings. The number of H-pyrrole nitrogens is 1. The molecule has 0 unspecified atom stereocenters. The number of aromatic nitrogens is 3. The molecule has 3 N–H and O–H groups in total. The first-order chi connectivity index (χ1) is 11.8. The van der Waals surface area contributed by atoms with Crippen LogP contribution in [0.15, 0.2) is 29.3 Å². The van der Waals surface area contributed by atoms with Crippen LogP contribution >= 0.6 is 24.0 Å². The molecular weight excluding hydrogens is 435 g/mol. The third kappa shape index (κ3) is 6.86. The summed E-state index contributed by atoms with van der Waals surface area (Å²) in [4.78, 5) is 8.94. The minimum absolute atomic E-state index is 0. The highest BCUT2D eigenvalue weighted by Crippen LogP contribution is 2.18. The maximum Gasteiger partial charge on any atom is 0.191 e. The fourth-order valence-electron chi connectivity index (χ4n) is 2.00. The van der Waals surface area contributed by atoms with Crippen molar-refractivity contribution < 1.29 is 9.47 Å². The number of rotatable bonds is 8. The molecule has 2 rings (SSSR count). The lowest BCUT2D eigenvalue weighted by molar-refractivity contribution is 0.203. The topological polar surface area (TPSA) is 96.5 Å². The molecule has 0 atom stereocenters. The molecule has 8 nitrogen and oxygen atoms in total. The summed E-state index contributed by atoms with van der Waals surface area (Å²) in [5.41, 5.74) is 0.924. The minimum atomic E-state index is 0. The lowest BCUT2D eigenvalue weighted by Crippen LogP contribution is -2.38. The molecule has 0 aliphatic heterocycles. The number of nitrogens with one attached hydrogen (secondary N) is 3. The second kappa shape index (κ2) is 11.6. The molecule has 1 aromatic heterocycles. The van der Waals surface area contributed by atoms with Gasteiger partial charge in [-0.3, -0.25) is 5.10 Å². The lowest BCUT2D eigenvalue weighted by atomic mass is 10.2. The van der Waals surface area contributed by atoms with Gasteiger partial charge in [0.15, 0.2) is 11.8 Å². The van der Waals surface area contributed by atoms with E-state index >= 15 is 0 Å². The summed E-state index contributed by atoms with van der Waals surface area (Å²) in [6.07, 6.45) is 0. The van der Waals surface area contributed by atoms with Crippen molar-refractivity contribution in [3.63, 3.8) is 0 Å². The molecule has 9 heteroatoms. The van der Waals surface area contributed by atoms with E-state index in [0.717, 1.165) is 23.8 Å². The summed E-state index contributed by atoms with van der Waals surface area (Å²) in [5.74, 6) is 2.86. The summed E-state index contributed by atoms with van der Waals surface area (Å²) in [5, 5.41) is 13.5. The normalized spacial score (nSPS) is 10.9. The van der Waals surface area contributed by atoms with Crippen LogP contribution in [0.4, 0.5) is 0 Å².